The predicted octanol–water partition coefficient (Wildman–Crippen LogP) is 2.98. The molecule has 7 heteroatoms. The van der Waals surface area contributed by atoms with E-state index in [9.17, 15) is 18.0 Å². The first-order valence-corrected chi connectivity index (χ1v) is 7.28. The van der Waals surface area contributed by atoms with Crippen LogP contribution in [-0.4, -0.2) is 22.1 Å². The fourth-order valence-electron chi connectivity index (χ4n) is 3.88. The Morgan fingerprint density at radius 2 is 2.19 bits per heavy atom. The second-order valence-corrected chi connectivity index (χ2v) is 6.27. The molecular formula is C14H18F3N3O. The lowest BCUT2D eigenvalue weighted by Crippen LogP contribution is -2.40. The molecule has 1 aromatic heterocycles. The molecular weight excluding hydrogens is 283 g/mol. The van der Waals surface area contributed by atoms with Gasteiger partial charge in [0, 0.05) is 12.1 Å². The van der Waals surface area contributed by atoms with Gasteiger partial charge in [0.1, 0.15) is 5.69 Å². The quantitative estimate of drug-likeness (QED) is 0.901. The van der Waals surface area contributed by atoms with Crippen LogP contribution in [0.15, 0.2) is 6.07 Å². The lowest BCUT2D eigenvalue weighted by atomic mass is 9.84. The zero-order valence-corrected chi connectivity index (χ0v) is 11.7. The number of H-pyrrole nitrogens is 1. The molecule has 2 saturated carbocycles. The van der Waals surface area contributed by atoms with Gasteiger partial charge in [-0.1, -0.05) is 6.42 Å². The number of aromatic nitrogens is 2. The maximum absolute atomic E-state index is 12.5. The summed E-state index contributed by atoms with van der Waals surface area (Å²) in [5.41, 5.74) is -1.21. The third kappa shape index (κ3) is 2.78. The Hall–Kier alpha value is -1.53. The number of hydrogen-bond donors (Lipinski definition) is 2. The fraction of sp³-hybridized carbons (Fsp3) is 0.714. The number of nitrogens with one attached hydrogen (secondary N) is 2. The monoisotopic (exact) mass is 301 g/mol. The van der Waals surface area contributed by atoms with Crippen LogP contribution in [0.4, 0.5) is 13.2 Å². The highest BCUT2D eigenvalue weighted by molar-refractivity contribution is 5.92. The normalized spacial score (nSPS) is 29.6. The molecule has 4 unspecified atom stereocenters. The number of carbonyl (C=O) groups excluding carboxylic acids is 1. The zero-order valence-electron chi connectivity index (χ0n) is 11.7. The van der Waals surface area contributed by atoms with Crippen molar-refractivity contribution in [3.05, 3.63) is 17.5 Å². The molecule has 2 fully saturated rings. The van der Waals surface area contributed by atoms with Crippen molar-refractivity contribution in [2.75, 3.05) is 0 Å². The first-order valence-electron chi connectivity index (χ1n) is 7.28. The van der Waals surface area contributed by atoms with Gasteiger partial charge in [-0.3, -0.25) is 9.89 Å². The van der Waals surface area contributed by atoms with Crippen molar-refractivity contribution in [3.63, 3.8) is 0 Å². The number of alkyl halides is 3. The van der Waals surface area contributed by atoms with Crippen LogP contribution >= 0.6 is 0 Å². The largest absolute Gasteiger partial charge is 0.432 e. The summed E-state index contributed by atoms with van der Waals surface area (Å²) >= 11 is 0. The highest BCUT2D eigenvalue weighted by Gasteiger charge is 2.42. The summed E-state index contributed by atoms with van der Waals surface area (Å²) in [6, 6.07) is 0.724. The summed E-state index contributed by atoms with van der Waals surface area (Å²) in [6.07, 6.45) is 0.306. The zero-order chi connectivity index (χ0) is 15.2. The summed E-state index contributed by atoms with van der Waals surface area (Å²) < 4.78 is 37.4. The number of fused-ring (bicyclic) bond motifs is 2. The third-order valence-corrected chi connectivity index (χ3v) is 4.91. The van der Waals surface area contributed by atoms with Crippen LogP contribution in [0.2, 0.25) is 0 Å². The van der Waals surface area contributed by atoms with E-state index in [1.807, 2.05) is 12.0 Å². The molecule has 4 nitrogen and oxygen atoms in total. The summed E-state index contributed by atoms with van der Waals surface area (Å²) in [4.78, 5) is 12.0. The summed E-state index contributed by atoms with van der Waals surface area (Å²) in [5, 5.41) is 8.11. The molecule has 116 valence electrons. The molecule has 0 radical (unpaired) electrons. The van der Waals surface area contributed by atoms with E-state index in [1.54, 1.807) is 0 Å². The number of nitrogens with zero attached hydrogens (tertiary/aromatic N) is 1. The molecule has 2 N–H and O–H groups in total. The van der Waals surface area contributed by atoms with Gasteiger partial charge in [-0.2, -0.15) is 18.3 Å². The molecule has 1 aromatic rings. The van der Waals surface area contributed by atoms with Crippen LogP contribution in [0.25, 0.3) is 0 Å². The van der Waals surface area contributed by atoms with Gasteiger partial charge in [-0.15, -0.1) is 0 Å². The van der Waals surface area contributed by atoms with Gasteiger partial charge in [0.2, 0.25) is 0 Å². The Kier molecular flexibility index (Phi) is 3.45. The number of amides is 1. The second kappa shape index (κ2) is 5.03. The molecule has 2 bridgehead atoms. The van der Waals surface area contributed by atoms with Crippen molar-refractivity contribution in [2.45, 2.75) is 44.8 Å². The minimum atomic E-state index is -4.51. The first-order chi connectivity index (χ1) is 9.84. The number of hydrogen-bond acceptors (Lipinski definition) is 2. The molecule has 2 aliphatic rings. The summed E-state index contributed by atoms with van der Waals surface area (Å²) in [7, 11) is 0. The number of carbonyl (C=O) groups is 1. The minimum absolute atomic E-state index is 0.0289. The van der Waals surface area contributed by atoms with Gasteiger partial charge >= 0.3 is 6.18 Å². The molecule has 0 spiro atoms. The average Bonchev–Trinajstić information content (AvgIpc) is 3.13. The maximum atomic E-state index is 12.5. The molecule has 2 aliphatic carbocycles. The maximum Gasteiger partial charge on any atom is 0.432 e. The Labute approximate surface area is 120 Å². The van der Waals surface area contributed by atoms with Crippen LogP contribution in [-0.2, 0) is 6.18 Å². The van der Waals surface area contributed by atoms with Gasteiger partial charge in [-0.05, 0) is 43.9 Å². The van der Waals surface area contributed by atoms with E-state index in [4.69, 9.17) is 0 Å². The van der Waals surface area contributed by atoms with Gasteiger partial charge in [0.15, 0.2) is 5.69 Å². The van der Waals surface area contributed by atoms with Gasteiger partial charge in [-0.25, -0.2) is 0 Å². The van der Waals surface area contributed by atoms with Crippen molar-refractivity contribution >= 4 is 5.91 Å². The molecule has 1 amide bonds. The lowest BCUT2D eigenvalue weighted by molar-refractivity contribution is -0.141. The van der Waals surface area contributed by atoms with E-state index in [0.717, 1.165) is 18.4 Å². The Bertz CT molecular complexity index is 540. The van der Waals surface area contributed by atoms with Crippen LogP contribution in [0.1, 0.15) is 48.8 Å². The van der Waals surface area contributed by atoms with E-state index in [-0.39, 0.29) is 11.7 Å². The Morgan fingerprint density at radius 3 is 2.71 bits per heavy atom. The second-order valence-electron chi connectivity index (χ2n) is 6.27. The van der Waals surface area contributed by atoms with Crippen LogP contribution < -0.4 is 5.32 Å². The van der Waals surface area contributed by atoms with Crippen molar-refractivity contribution in [1.82, 2.24) is 15.5 Å². The highest BCUT2D eigenvalue weighted by atomic mass is 19.4. The van der Waals surface area contributed by atoms with Crippen LogP contribution in [0, 0.1) is 17.8 Å². The minimum Gasteiger partial charge on any atom is -0.348 e. The lowest BCUT2D eigenvalue weighted by Gasteiger charge is -2.28. The van der Waals surface area contributed by atoms with Gasteiger partial charge in [0.25, 0.3) is 5.91 Å². The standard InChI is InChI=1S/C14H18F3N3O/c1-7(10-5-8-2-3-9(10)4-8)18-13(21)11-6-12(20-19-11)14(15,16)17/h6-10H,2-5H2,1H3,(H,18,21)(H,19,20). The van der Waals surface area contributed by atoms with E-state index >= 15 is 0 Å². The van der Waals surface area contributed by atoms with Gasteiger partial charge in [0.05, 0.1) is 0 Å². The molecule has 21 heavy (non-hydrogen) atoms. The number of halogens is 3. The number of aromatic amines is 1. The third-order valence-electron chi connectivity index (χ3n) is 4.91. The molecule has 4 atom stereocenters. The highest BCUT2D eigenvalue weighted by Crippen LogP contribution is 2.49. The van der Waals surface area contributed by atoms with E-state index in [0.29, 0.717) is 11.8 Å². The molecule has 1 heterocycles. The van der Waals surface area contributed by atoms with E-state index in [2.05, 4.69) is 10.4 Å². The Balaban J connectivity index is 1.62. The van der Waals surface area contributed by atoms with Crippen LogP contribution in [0.3, 0.4) is 0 Å². The molecule has 0 saturated heterocycles. The molecule has 3 rings (SSSR count). The van der Waals surface area contributed by atoms with Crippen molar-refractivity contribution in [2.24, 2.45) is 17.8 Å². The fourth-order valence-corrected chi connectivity index (χ4v) is 3.88. The Morgan fingerprint density at radius 1 is 1.43 bits per heavy atom. The average molecular weight is 301 g/mol. The molecule has 0 aromatic carbocycles. The van der Waals surface area contributed by atoms with Crippen molar-refractivity contribution < 1.29 is 18.0 Å². The van der Waals surface area contributed by atoms with Crippen LogP contribution in [0.5, 0.6) is 0 Å². The first kappa shape index (κ1) is 14.4. The predicted molar refractivity (Wildman–Crippen MR) is 69.5 cm³/mol. The SMILES string of the molecule is CC(NC(=O)c1cc(C(F)(F)F)[nH]n1)C1CC2CCC1C2. The topological polar surface area (TPSA) is 57.8 Å². The smallest absolute Gasteiger partial charge is 0.348 e. The molecule has 0 aliphatic heterocycles. The van der Waals surface area contributed by atoms with E-state index < -0.39 is 17.8 Å². The van der Waals surface area contributed by atoms with E-state index in [1.165, 1.54) is 19.3 Å². The van der Waals surface area contributed by atoms with Crippen molar-refractivity contribution in [3.8, 4) is 0 Å². The number of rotatable bonds is 3. The van der Waals surface area contributed by atoms with Crippen molar-refractivity contribution in [1.29, 1.82) is 0 Å². The van der Waals surface area contributed by atoms with Gasteiger partial charge < -0.3 is 5.32 Å². The summed E-state index contributed by atoms with van der Waals surface area (Å²) in [5.74, 6) is 1.31. The summed E-state index contributed by atoms with van der Waals surface area (Å²) in [6.45, 7) is 1.93.